The zero-order valence-electron chi connectivity index (χ0n) is 10.4. The van der Waals surface area contributed by atoms with Gasteiger partial charge in [0.2, 0.25) is 5.91 Å². The second-order valence-corrected chi connectivity index (χ2v) is 4.99. The van der Waals surface area contributed by atoms with Crippen molar-refractivity contribution in [1.29, 1.82) is 0 Å². The molecule has 0 spiro atoms. The van der Waals surface area contributed by atoms with Crippen LogP contribution in [0.25, 0.3) is 0 Å². The van der Waals surface area contributed by atoms with Crippen molar-refractivity contribution in [2.24, 2.45) is 0 Å². The summed E-state index contributed by atoms with van der Waals surface area (Å²) in [5.74, 6) is 1.57. The lowest BCUT2D eigenvalue weighted by Gasteiger charge is -2.09. The molecule has 1 rings (SSSR count). The quantitative estimate of drug-likeness (QED) is 0.595. The fourth-order valence-electron chi connectivity index (χ4n) is 1.17. The Bertz CT molecular complexity index is 370. The number of hydrogen-bond acceptors (Lipinski definition) is 5. The maximum Gasteiger partial charge on any atom is 0.216 e. The van der Waals surface area contributed by atoms with E-state index in [2.05, 4.69) is 34.4 Å². The minimum Gasteiger partial charge on any atom is -0.367 e. The average molecular weight is 254 g/mol. The molecule has 1 aromatic heterocycles. The molecule has 94 valence electrons. The Balaban J connectivity index is 2.40. The van der Waals surface area contributed by atoms with Crippen molar-refractivity contribution in [1.82, 2.24) is 15.3 Å². The number of carbonyl (C=O) groups excluding carboxylic acids is 1. The second-order valence-electron chi connectivity index (χ2n) is 3.87. The zero-order chi connectivity index (χ0) is 12.7. The van der Waals surface area contributed by atoms with E-state index in [0.717, 1.165) is 16.6 Å². The largest absolute Gasteiger partial charge is 0.367 e. The molecule has 1 heterocycles. The van der Waals surface area contributed by atoms with Crippen molar-refractivity contribution in [2.45, 2.75) is 31.8 Å². The fourth-order valence-corrected chi connectivity index (χ4v) is 1.88. The average Bonchev–Trinajstić information content (AvgIpc) is 2.24. The third-order valence-corrected chi connectivity index (χ3v) is 2.68. The van der Waals surface area contributed by atoms with Crippen molar-refractivity contribution >= 4 is 23.5 Å². The van der Waals surface area contributed by atoms with Crippen LogP contribution in [0.15, 0.2) is 17.4 Å². The van der Waals surface area contributed by atoms with E-state index in [4.69, 9.17) is 0 Å². The molecular formula is C11H18N4OS. The lowest BCUT2D eigenvalue weighted by molar-refractivity contribution is -0.118. The van der Waals surface area contributed by atoms with Gasteiger partial charge in [0.1, 0.15) is 10.8 Å². The summed E-state index contributed by atoms with van der Waals surface area (Å²) in [7, 11) is 0. The second kappa shape index (κ2) is 7.11. The zero-order valence-corrected chi connectivity index (χ0v) is 11.2. The summed E-state index contributed by atoms with van der Waals surface area (Å²) in [5.41, 5.74) is 0. The maximum atomic E-state index is 10.7. The third-order valence-electron chi connectivity index (χ3n) is 1.77. The van der Waals surface area contributed by atoms with Gasteiger partial charge in [0.25, 0.3) is 0 Å². The minimum absolute atomic E-state index is 0.00749. The van der Waals surface area contributed by atoms with Gasteiger partial charge in [-0.05, 0) is 13.8 Å². The topological polar surface area (TPSA) is 66.9 Å². The molecule has 0 saturated carbocycles. The first-order valence-electron chi connectivity index (χ1n) is 5.53. The van der Waals surface area contributed by atoms with Gasteiger partial charge < -0.3 is 10.6 Å². The van der Waals surface area contributed by atoms with E-state index in [1.165, 1.54) is 6.92 Å². The van der Waals surface area contributed by atoms with Gasteiger partial charge in [0, 0.05) is 25.3 Å². The van der Waals surface area contributed by atoms with Gasteiger partial charge in [-0.25, -0.2) is 4.98 Å². The normalized spacial score (nSPS) is 10.4. The number of rotatable bonds is 6. The molecule has 17 heavy (non-hydrogen) atoms. The first kappa shape index (κ1) is 13.8. The first-order chi connectivity index (χ1) is 8.08. The maximum absolute atomic E-state index is 10.7. The smallest absolute Gasteiger partial charge is 0.216 e. The number of amides is 1. The molecule has 1 aromatic rings. The van der Waals surface area contributed by atoms with Crippen LogP contribution in [0.3, 0.4) is 0 Å². The number of anilines is 1. The number of nitrogens with zero attached hydrogens (tertiary/aromatic N) is 2. The van der Waals surface area contributed by atoms with E-state index in [9.17, 15) is 4.79 Å². The molecule has 0 aliphatic heterocycles. The van der Waals surface area contributed by atoms with Gasteiger partial charge in [0.05, 0.1) is 12.4 Å². The Labute approximate surface area is 106 Å². The molecule has 5 nitrogen and oxygen atoms in total. The SMILES string of the molecule is CC(=O)NCCSc1cncc(NC(C)C)n1. The van der Waals surface area contributed by atoms with Crippen LogP contribution in [0.1, 0.15) is 20.8 Å². The van der Waals surface area contributed by atoms with E-state index in [1.807, 2.05) is 0 Å². The molecule has 0 saturated heterocycles. The van der Waals surface area contributed by atoms with E-state index >= 15 is 0 Å². The minimum atomic E-state index is -0.00749. The highest BCUT2D eigenvalue weighted by Crippen LogP contribution is 2.15. The summed E-state index contributed by atoms with van der Waals surface area (Å²) < 4.78 is 0. The van der Waals surface area contributed by atoms with Gasteiger partial charge in [-0.2, -0.15) is 0 Å². The van der Waals surface area contributed by atoms with Crippen LogP contribution in [0.2, 0.25) is 0 Å². The van der Waals surface area contributed by atoms with E-state index in [-0.39, 0.29) is 5.91 Å². The Hall–Kier alpha value is -1.30. The molecule has 0 radical (unpaired) electrons. The van der Waals surface area contributed by atoms with Crippen LogP contribution >= 0.6 is 11.8 Å². The molecule has 2 N–H and O–H groups in total. The molecule has 1 amide bonds. The van der Waals surface area contributed by atoms with Crippen molar-refractivity contribution in [3.8, 4) is 0 Å². The van der Waals surface area contributed by atoms with Gasteiger partial charge >= 0.3 is 0 Å². The number of carbonyl (C=O) groups is 1. The molecule has 0 bridgehead atoms. The Morgan fingerprint density at radius 3 is 2.88 bits per heavy atom. The highest BCUT2D eigenvalue weighted by atomic mass is 32.2. The van der Waals surface area contributed by atoms with Crippen LogP contribution in [-0.2, 0) is 4.79 Å². The van der Waals surface area contributed by atoms with E-state index in [0.29, 0.717) is 12.6 Å². The van der Waals surface area contributed by atoms with Crippen LogP contribution in [-0.4, -0.2) is 34.2 Å². The lowest BCUT2D eigenvalue weighted by Crippen LogP contribution is -2.22. The van der Waals surface area contributed by atoms with Crippen LogP contribution < -0.4 is 10.6 Å². The standard InChI is InChI=1S/C11H18N4OS/c1-8(2)14-10-6-12-7-11(15-10)17-5-4-13-9(3)16/h6-8H,4-5H2,1-3H3,(H,13,16)(H,14,15). The van der Waals surface area contributed by atoms with Gasteiger partial charge in [-0.3, -0.25) is 9.78 Å². The predicted octanol–water partition coefficient (Wildman–Crippen LogP) is 1.53. The number of aromatic nitrogens is 2. The molecule has 0 fully saturated rings. The highest BCUT2D eigenvalue weighted by Gasteiger charge is 2.01. The van der Waals surface area contributed by atoms with Crippen molar-refractivity contribution < 1.29 is 4.79 Å². The summed E-state index contributed by atoms with van der Waals surface area (Å²) in [6.07, 6.45) is 3.43. The monoisotopic (exact) mass is 254 g/mol. The number of hydrogen-bond donors (Lipinski definition) is 2. The number of thioether (sulfide) groups is 1. The Kier molecular flexibility index (Phi) is 5.76. The number of nitrogens with one attached hydrogen (secondary N) is 2. The van der Waals surface area contributed by atoms with Gasteiger partial charge in [-0.15, -0.1) is 11.8 Å². The Morgan fingerprint density at radius 2 is 2.24 bits per heavy atom. The summed E-state index contributed by atoms with van der Waals surface area (Å²) in [4.78, 5) is 19.2. The van der Waals surface area contributed by atoms with Crippen molar-refractivity contribution in [3.05, 3.63) is 12.4 Å². The van der Waals surface area contributed by atoms with Crippen LogP contribution in [0.4, 0.5) is 5.82 Å². The lowest BCUT2D eigenvalue weighted by atomic mass is 10.4. The molecule has 0 aliphatic rings. The molecule has 6 heteroatoms. The van der Waals surface area contributed by atoms with Gasteiger partial charge in [0.15, 0.2) is 0 Å². The van der Waals surface area contributed by atoms with Crippen LogP contribution in [0.5, 0.6) is 0 Å². The van der Waals surface area contributed by atoms with Gasteiger partial charge in [-0.1, -0.05) is 0 Å². The van der Waals surface area contributed by atoms with Crippen molar-refractivity contribution in [3.63, 3.8) is 0 Å². The van der Waals surface area contributed by atoms with E-state index in [1.54, 1.807) is 24.2 Å². The van der Waals surface area contributed by atoms with Crippen molar-refractivity contribution in [2.75, 3.05) is 17.6 Å². The molecule has 0 aliphatic carbocycles. The van der Waals surface area contributed by atoms with Crippen LogP contribution in [0, 0.1) is 0 Å². The predicted molar refractivity (Wildman–Crippen MR) is 70.2 cm³/mol. The summed E-state index contributed by atoms with van der Waals surface area (Å²) in [5, 5.41) is 6.80. The molecule has 0 aromatic carbocycles. The van der Waals surface area contributed by atoms with E-state index < -0.39 is 0 Å². The summed E-state index contributed by atoms with van der Waals surface area (Å²) >= 11 is 1.58. The summed E-state index contributed by atoms with van der Waals surface area (Å²) in [6, 6.07) is 0.337. The molecule has 0 atom stereocenters. The molecule has 0 unspecified atom stereocenters. The summed E-state index contributed by atoms with van der Waals surface area (Å²) in [6.45, 7) is 6.26. The fraction of sp³-hybridized carbons (Fsp3) is 0.545. The third kappa shape index (κ3) is 6.11. The Morgan fingerprint density at radius 1 is 1.47 bits per heavy atom. The molecular weight excluding hydrogens is 236 g/mol. The first-order valence-corrected chi connectivity index (χ1v) is 6.52. The highest BCUT2D eigenvalue weighted by molar-refractivity contribution is 7.99.